The van der Waals surface area contributed by atoms with Gasteiger partial charge in [0.05, 0.1) is 5.25 Å². The van der Waals surface area contributed by atoms with Gasteiger partial charge in [0.15, 0.2) is 0 Å². The van der Waals surface area contributed by atoms with E-state index in [1.807, 2.05) is 0 Å². The zero-order chi connectivity index (χ0) is 13.4. The van der Waals surface area contributed by atoms with Crippen LogP contribution in [0.4, 0.5) is 0 Å². The number of sulfone groups is 1. The van der Waals surface area contributed by atoms with Gasteiger partial charge in [-0.25, -0.2) is 8.42 Å². The summed E-state index contributed by atoms with van der Waals surface area (Å²) in [5, 5.41) is 9.20. The molecule has 0 amide bonds. The molecule has 1 heterocycles. The quantitative estimate of drug-likeness (QED) is 0.860. The van der Waals surface area contributed by atoms with E-state index in [2.05, 4.69) is 0 Å². The molecule has 3 unspecified atom stereocenters. The average molecular weight is 292 g/mol. The third kappa shape index (κ3) is 2.54. The predicted molar refractivity (Wildman–Crippen MR) is 72.6 cm³/mol. The fraction of sp³-hybridized carbons (Fsp3) is 0.917. The standard InChI is InChI=1S/C12H20O4S2/c1-18(15,16)10-5-2-4-9(8-10)12(11(13)14)6-3-7-17-12/h9-10H,2-8H2,1H3,(H,13,14). The third-order valence-electron chi connectivity index (χ3n) is 4.31. The van der Waals surface area contributed by atoms with Crippen molar-refractivity contribution in [3.8, 4) is 0 Å². The summed E-state index contributed by atoms with van der Waals surface area (Å²) in [5.41, 5.74) is 0. The first-order valence-corrected chi connectivity index (χ1v) is 9.36. The summed E-state index contributed by atoms with van der Waals surface area (Å²) in [6, 6.07) is 0. The van der Waals surface area contributed by atoms with Crippen LogP contribution in [0.15, 0.2) is 0 Å². The molecule has 0 aromatic carbocycles. The lowest BCUT2D eigenvalue weighted by molar-refractivity contribution is -0.141. The van der Waals surface area contributed by atoms with E-state index in [9.17, 15) is 18.3 Å². The van der Waals surface area contributed by atoms with Crippen LogP contribution < -0.4 is 0 Å². The molecule has 1 N–H and O–H groups in total. The number of thioether (sulfide) groups is 1. The molecule has 4 nitrogen and oxygen atoms in total. The van der Waals surface area contributed by atoms with E-state index >= 15 is 0 Å². The molecule has 18 heavy (non-hydrogen) atoms. The summed E-state index contributed by atoms with van der Waals surface area (Å²) in [6.07, 6.45) is 5.79. The van der Waals surface area contributed by atoms with Gasteiger partial charge in [-0.3, -0.25) is 4.79 Å². The second-order valence-corrected chi connectivity index (χ2v) is 9.21. The van der Waals surface area contributed by atoms with Crippen LogP contribution in [-0.2, 0) is 14.6 Å². The molecule has 3 atom stereocenters. The minimum absolute atomic E-state index is 0.0102. The van der Waals surface area contributed by atoms with E-state index in [1.165, 1.54) is 18.0 Å². The monoisotopic (exact) mass is 292 g/mol. The molecule has 104 valence electrons. The first kappa shape index (κ1) is 14.2. The van der Waals surface area contributed by atoms with Gasteiger partial charge in [0.2, 0.25) is 0 Å². The Balaban J connectivity index is 2.19. The minimum Gasteiger partial charge on any atom is -0.480 e. The Morgan fingerprint density at radius 1 is 1.33 bits per heavy atom. The van der Waals surface area contributed by atoms with Crippen LogP contribution >= 0.6 is 11.8 Å². The Morgan fingerprint density at radius 3 is 2.56 bits per heavy atom. The number of hydrogen-bond donors (Lipinski definition) is 1. The van der Waals surface area contributed by atoms with E-state index < -0.39 is 20.6 Å². The van der Waals surface area contributed by atoms with Crippen LogP contribution in [0.5, 0.6) is 0 Å². The lowest BCUT2D eigenvalue weighted by Crippen LogP contribution is -2.44. The first-order valence-electron chi connectivity index (χ1n) is 6.42. The number of carboxylic acids is 1. The van der Waals surface area contributed by atoms with Gasteiger partial charge in [-0.05, 0) is 43.8 Å². The van der Waals surface area contributed by atoms with Crippen LogP contribution in [0.25, 0.3) is 0 Å². The molecule has 2 aliphatic rings. The average Bonchev–Trinajstić information content (AvgIpc) is 2.78. The van der Waals surface area contributed by atoms with Crippen LogP contribution in [0.1, 0.15) is 38.5 Å². The lowest BCUT2D eigenvalue weighted by atomic mass is 9.77. The highest BCUT2D eigenvalue weighted by Crippen LogP contribution is 2.49. The van der Waals surface area contributed by atoms with E-state index in [0.29, 0.717) is 19.3 Å². The van der Waals surface area contributed by atoms with Crippen molar-refractivity contribution in [2.24, 2.45) is 5.92 Å². The maximum atomic E-state index is 11.7. The van der Waals surface area contributed by atoms with Gasteiger partial charge in [-0.2, -0.15) is 0 Å². The van der Waals surface area contributed by atoms with Gasteiger partial charge < -0.3 is 5.11 Å². The highest BCUT2D eigenvalue weighted by molar-refractivity contribution is 8.01. The zero-order valence-corrected chi connectivity index (χ0v) is 12.2. The SMILES string of the molecule is CS(=O)(=O)C1CCCC(C2(C(=O)O)CCCS2)C1. The highest BCUT2D eigenvalue weighted by Gasteiger charge is 2.50. The molecule has 1 aliphatic carbocycles. The van der Waals surface area contributed by atoms with Crippen molar-refractivity contribution in [2.75, 3.05) is 12.0 Å². The number of aliphatic carboxylic acids is 1. The van der Waals surface area contributed by atoms with Crippen LogP contribution in [-0.4, -0.2) is 41.5 Å². The van der Waals surface area contributed by atoms with Gasteiger partial charge in [-0.15, -0.1) is 11.8 Å². The Kier molecular flexibility index (Phi) is 3.97. The molecule has 0 aromatic rings. The van der Waals surface area contributed by atoms with Gasteiger partial charge in [0, 0.05) is 6.26 Å². The Morgan fingerprint density at radius 2 is 2.06 bits per heavy atom. The fourth-order valence-electron chi connectivity index (χ4n) is 3.28. The summed E-state index contributed by atoms with van der Waals surface area (Å²) in [6.45, 7) is 0. The van der Waals surface area contributed by atoms with Crippen LogP contribution in [0.2, 0.25) is 0 Å². The van der Waals surface area contributed by atoms with E-state index in [4.69, 9.17) is 0 Å². The largest absolute Gasteiger partial charge is 0.480 e. The number of carboxylic acid groups (broad SMARTS) is 1. The van der Waals surface area contributed by atoms with Crippen molar-refractivity contribution in [2.45, 2.75) is 48.5 Å². The fourth-order valence-corrected chi connectivity index (χ4v) is 5.98. The number of rotatable bonds is 3. The summed E-state index contributed by atoms with van der Waals surface area (Å²) < 4.78 is 22.6. The van der Waals surface area contributed by atoms with E-state index in [-0.39, 0.29) is 11.2 Å². The highest BCUT2D eigenvalue weighted by atomic mass is 32.2. The second-order valence-electron chi connectivity index (χ2n) is 5.46. The van der Waals surface area contributed by atoms with Gasteiger partial charge >= 0.3 is 5.97 Å². The molecule has 0 spiro atoms. The summed E-state index contributed by atoms with van der Waals surface area (Å²) >= 11 is 1.52. The molecule has 1 saturated heterocycles. The van der Waals surface area contributed by atoms with Crippen LogP contribution in [0.3, 0.4) is 0 Å². The zero-order valence-electron chi connectivity index (χ0n) is 10.6. The van der Waals surface area contributed by atoms with Crippen LogP contribution in [0, 0.1) is 5.92 Å². The summed E-state index contributed by atoms with van der Waals surface area (Å²) in [5.74, 6) is 0.145. The molecule has 0 aromatic heterocycles. The molecule has 0 radical (unpaired) electrons. The van der Waals surface area contributed by atoms with Gasteiger partial charge in [0.25, 0.3) is 0 Å². The smallest absolute Gasteiger partial charge is 0.320 e. The molecular weight excluding hydrogens is 272 g/mol. The lowest BCUT2D eigenvalue weighted by Gasteiger charge is -2.38. The minimum atomic E-state index is -3.04. The maximum Gasteiger partial charge on any atom is 0.320 e. The van der Waals surface area contributed by atoms with Crippen molar-refractivity contribution in [3.63, 3.8) is 0 Å². The molecular formula is C12H20O4S2. The number of carbonyl (C=O) groups is 1. The molecule has 1 saturated carbocycles. The molecule has 1 aliphatic heterocycles. The topological polar surface area (TPSA) is 71.4 Å². The normalized spacial score (nSPS) is 37.6. The molecule has 0 bridgehead atoms. The Bertz CT molecular complexity index is 423. The van der Waals surface area contributed by atoms with E-state index in [0.717, 1.165) is 25.0 Å². The molecule has 2 rings (SSSR count). The molecule has 6 heteroatoms. The van der Waals surface area contributed by atoms with Crippen molar-refractivity contribution in [1.82, 2.24) is 0 Å². The van der Waals surface area contributed by atoms with Crippen molar-refractivity contribution in [3.05, 3.63) is 0 Å². The van der Waals surface area contributed by atoms with Crippen molar-refractivity contribution < 1.29 is 18.3 Å². The van der Waals surface area contributed by atoms with Gasteiger partial charge in [-0.1, -0.05) is 6.42 Å². The summed E-state index contributed by atoms with van der Waals surface area (Å²) in [7, 11) is -3.04. The Hall–Kier alpha value is -0.230. The maximum absolute atomic E-state index is 11.7. The number of hydrogen-bond acceptors (Lipinski definition) is 4. The van der Waals surface area contributed by atoms with E-state index in [1.54, 1.807) is 0 Å². The molecule has 2 fully saturated rings. The second kappa shape index (κ2) is 5.04. The first-order chi connectivity index (χ1) is 8.36. The van der Waals surface area contributed by atoms with Crippen molar-refractivity contribution in [1.29, 1.82) is 0 Å². The van der Waals surface area contributed by atoms with Crippen molar-refractivity contribution >= 4 is 27.6 Å². The van der Waals surface area contributed by atoms with Gasteiger partial charge in [0.1, 0.15) is 14.6 Å². The predicted octanol–water partition coefficient (Wildman–Crippen LogP) is 1.94. The third-order valence-corrected chi connectivity index (χ3v) is 7.66. The summed E-state index contributed by atoms with van der Waals surface area (Å²) in [4.78, 5) is 11.6. The Labute approximate surface area is 112 Å².